The molecule has 0 bridgehead atoms. The first-order valence-corrected chi connectivity index (χ1v) is 14.3. The van der Waals surface area contributed by atoms with Gasteiger partial charge in [-0.2, -0.15) is 9.97 Å². The molecule has 218 valence electrons. The third kappa shape index (κ3) is 6.62. The van der Waals surface area contributed by atoms with Crippen LogP contribution in [0.15, 0.2) is 36.9 Å². The van der Waals surface area contributed by atoms with Crippen molar-refractivity contribution in [2.24, 2.45) is 0 Å². The van der Waals surface area contributed by atoms with Crippen LogP contribution in [0.2, 0.25) is 0 Å². The molecule has 0 radical (unpaired) electrons. The lowest BCUT2D eigenvalue weighted by molar-refractivity contribution is 0.0949. The number of hydrogen-bond acceptors (Lipinski definition) is 13. The molecule has 0 amide bonds. The number of nitrogens with one attached hydrogen (secondary N) is 1. The van der Waals surface area contributed by atoms with Gasteiger partial charge in [-0.25, -0.2) is 27.9 Å². The first kappa shape index (κ1) is 30.7. The Labute approximate surface area is 246 Å². The summed E-state index contributed by atoms with van der Waals surface area (Å²) in [7, 11) is 5.67. The largest absolute Gasteiger partial charge is 0.499 e. The molecule has 0 aliphatic carbocycles. The van der Waals surface area contributed by atoms with E-state index in [-0.39, 0.29) is 35.0 Å². The van der Waals surface area contributed by atoms with E-state index in [4.69, 9.17) is 18.9 Å². The maximum atomic E-state index is 13.7. The average Bonchev–Trinajstić information content (AvgIpc) is 3.35. The summed E-state index contributed by atoms with van der Waals surface area (Å²) in [5, 5.41) is 6.76. The monoisotopic (exact) mass is 593 g/mol. The van der Waals surface area contributed by atoms with Crippen LogP contribution < -0.4 is 18.9 Å². The van der Waals surface area contributed by atoms with Crippen molar-refractivity contribution in [3.63, 3.8) is 0 Å². The van der Waals surface area contributed by atoms with Crippen LogP contribution in [0.5, 0.6) is 17.6 Å². The van der Waals surface area contributed by atoms with Gasteiger partial charge in [0.1, 0.15) is 46.9 Å². The molecule has 4 heterocycles. The lowest BCUT2D eigenvalue weighted by Gasteiger charge is -2.22. The number of hydrogen-bond donors (Lipinski definition) is 1. The Morgan fingerprint density at radius 2 is 1.62 bits per heavy atom. The van der Waals surface area contributed by atoms with E-state index >= 15 is 0 Å². The Morgan fingerprint density at radius 1 is 0.976 bits per heavy atom. The molecule has 4 aromatic rings. The summed E-state index contributed by atoms with van der Waals surface area (Å²) in [6, 6.07) is 5.11. The highest BCUT2D eigenvalue weighted by molar-refractivity contribution is 7.93. The second kappa shape index (κ2) is 12.3. The average molecular weight is 593 g/mol. The number of anilines is 1. The molecule has 0 saturated carbocycles. The van der Waals surface area contributed by atoms with Crippen LogP contribution in [-0.2, 0) is 14.8 Å². The highest BCUT2D eigenvalue weighted by atomic mass is 32.2. The van der Waals surface area contributed by atoms with Gasteiger partial charge in [0, 0.05) is 30.9 Å². The van der Waals surface area contributed by atoms with E-state index < -0.39 is 26.7 Å². The maximum Gasteiger partial charge on any atom is 0.245 e. The predicted octanol–water partition coefficient (Wildman–Crippen LogP) is -1.36. The fourth-order valence-corrected chi connectivity index (χ4v) is 5.05. The number of aryl methyl sites for hydroxylation is 1. The quantitative estimate of drug-likeness (QED) is 0.191. The number of sulfonamides is 1. The van der Waals surface area contributed by atoms with Crippen molar-refractivity contribution in [3.8, 4) is 34.8 Å². The summed E-state index contributed by atoms with van der Waals surface area (Å²) >= 11 is 0. The lowest BCUT2D eigenvalue weighted by Crippen LogP contribution is -2.37. The Kier molecular flexibility index (Phi) is 9.01. The fraction of sp³-hybridized carbons (Fsp3) is 0.348. The van der Waals surface area contributed by atoms with Crippen LogP contribution >= 0.6 is 0 Å². The molecule has 0 aromatic carbocycles. The third-order valence-electron chi connectivity index (χ3n) is 5.85. The van der Waals surface area contributed by atoms with Crippen LogP contribution in [-0.4, -0.2) is 104 Å². The van der Waals surface area contributed by atoms with Crippen molar-refractivity contribution >= 4 is 39.5 Å². The van der Waals surface area contributed by atoms with Gasteiger partial charge in [-0.3, -0.25) is 4.72 Å². The molecule has 4 aromatic heterocycles. The van der Waals surface area contributed by atoms with E-state index in [2.05, 4.69) is 39.8 Å². The van der Waals surface area contributed by atoms with Crippen molar-refractivity contribution in [2.45, 2.75) is 30.5 Å². The van der Waals surface area contributed by atoms with Gasteiger partial charge in [-0.05, 0) is 25.5 Å². The third-order valence-corrected chi connectivity index (χ3v) is 7.54. The van der Waals surface area contributed by atoms with Crippen LogP contribution in [0.1, 0.15) is 24.4 Å². The summed E-state index contributed by atoms with van der Waals surface area (Å²) in [5.74, 6) is 0.614. The van der Waals surface area contributed by atoms with Crippen molar-refractivity contribution in [2.75, 3.05) is 26.1 Å². The van der Waals surface area contributed by atoms with Gasteiger partial charge in [0.15, 0.2) is 17.3 Å². The second-order valence-corrected chi connectivity index (χ2v) is 12.2. The van der Waals surface area contributed by atoms with Gasteiger partial charge in [-0.1, -0.05) is 6.07 Å². The van der Waals surface area contributed by atoms with Gasteiger partial charge in [-0.15, -0.1) is 10.2 Å². The normalized spacial score (nSPS) is 13.3. The van der Waals surface area contributed by atoms with Crippen LogP contribution in [0, 0.1) is 6.92 Å². The zero-order valence-electron chi connectivity index (χ0n) is 24.6. The van der Waals surface area contributed by atoms with E-state index in [1.807, 2.05) is 30.5 Å². The van der Waals surface area contributed by atoms with Gasteiger partial charge in [0.05, 0.1) is 14.2 Å². The van der Waals surface area contributed by atoms with E-state index in [1.165, 1.54) is 39.1 Å². The van der Waals surface area contributed by atoms with Crippen LogP contribution in [0.3, 0.4) is 0 Å². The topological polar surface area (TPSA) is 178 Å². The second-order valence-electron chi connectivity index (χ2n) is 10.1. The summed E-state index contributed by atoms with van der Waals surface area (Å²) in [6.07, 6.45) is 3.43. The zero-order valence-corrected chi connectivity index (χ0v) is 25.4. The molecule has 19 heteroatoms. The highest BCUT2D eigenvalue weighted by Crippen LogP contribution is 2.35. The molecule has 0 unspecified atom stereocenters. The minimum absolute atomic E-state index is 0.0707. The van der Waals surface area contributed by atoms with E-state index in [0.717, 1.165) is 5.56 Å². The molecule has 4 rings (SSSR count). The molecule has 0 saturated heterocycles. The van der Waals surface area contributed by atoms with E-state index in [0.29, 0.717) is 11.6 Å². The molecule has 2 atom stereocenters. The highest BCUT2D eigenvalue weighted by Gasteiger charge is 2.35. The van der Waals surface area contributed by atoms with Crippen LogP contribution in [0.4, 0.5) is 5.95 Å². The number of nitrogens with zero attached hydrogens (tertiary/aromatic N) is 8. The summed E-state index contributed by atoms with van der Waals surface area (Å²) in [5.41, 5.74) is 1.28. The molecule has 0 fully saturated rings. The maximum absolute atomic E-state index is 13.7. The summed E-state index contributed by atoms with van der Waals surface area (Å²) < 4.78 is 53.7. The van der Waals surface area contributed by atoms with Gasteiger partial charge < -0.3 is 18.9 Å². The first-order valence-electron chi connectivity index (χ1n) is 12.8. The van der Waals surface area contributed by atoms with E-state index in [9.17, 15) is 8.42 Å². The van der Waals surface area contributed by atoms with Crippen molar-refractivity contribution in [3.05, 3.63) is 48.3 Å². The van der Waals surface area contributed by atoms with Crippen molar-refractivity contribution in [1.82, 2.24) is 39.7 Å². The Bertz CT molecular complexity index is 1630. The van der Waals surface area contributed by atoms with Crippen molar-refractivity contribution in [1.29, 1.82) is 0 Å². The van der Waals surface area contributed by atoms with Crippen LogP contribution in [0.25, 0.3) is 17.2 Å². The SMILES string of the molecule is BC(B)(B)Oc1cccc(-c2nnc(NS(=O)(=O)[C@@H](C)[C@H](OC)c3ncc(C)cn3)n2-c2c(OC)ncnc2OC)n1. The number of rotatable bonds is 12. The fourth-order valence-electron chi connectivity index (χ4n) is 3.91. The van der Waals surface area contributed by atoms with Gasteiger partial charge >= 0.3 is 0 Å². The molecule has 0 spiro atoms. The molecular formula is C23H30B3N9O6S. The van der Waals surface area contributed by atoms with Crippen molar-refractivity contribution < 1.29 is 27.4 Å². The van der Waals surface area contributed by atoms with Gasteiger partial charge in [0.25, 0.3) is 0 Å². The van der Waals surface area contributed by atoms with E-state index in [1.54, 1.807) is 30.6 Å². The predicted molar refractivity (Wildman–Crippen MR) is 161 cm³/mol. The Morgan fingerprint density at radius 3 is 2.19 bits per heavy atom. The molecule has 1 N–H and O–H groups in total. The number of pyridine rings is 1. The minimum Gasteiger partial charge on any atom is -0.499 e. The zero-order chi connectivity index (χ0) is 30.7. The molecular weight excluding hydrogens is 563 g/mol. The Balaban J connectivity index is 1.85. The lowest BCUT2D eigenvalue weighted by atomic mass is 9.52. The smallest absolute Gasteiger partial charge is 0.245 e. The van der Waals surface area contributed by atoms with Gasteiger partial charge in [0.2, 0.25) is 33.6 Å². The molecule has 0 aliphatic heterocycles. The number of ether oxygens (including phenoxy) is 4. The molecule has 15 nitrogen and oxygen atoms in total. The molecule has 42 heavy (non-hydrogen) atoms. The standard InChI is InChI=1S/C23H30B3N9O6S/c1-12-9-27-18(28-10-12)17(38-3)13(2)42(36,37)34-22-33-32-19(14-7-6-8-15(31-14)41-23(24,25)26)35(22)16-20(39-4)29-11-30-21(16)40-5/h6-11,13,17H,24-26H2,1-5H3,(H,33,34)/t13-,17-/m0/s1. The first-order chi connectivity index (χ1) is 19.9. The summed E-state index contributed by atoms with van der Waals surface area (Å²) in [6.45, 7) is 3.30. The molecule has 0 aliphatic rings. The Hall–Kier alpha value is -4.25. The summed E-state index contributed by atoms with van der Waals surface area (Å²) in [4.78, 5) is 21.4. The number of aromatic nitrogens is 8. The number of methoxy groups -OCH3 is 3. The minimum atomic E-state index is -4.20.